The molecule has 0 radical (unpaired) electrons. The number of carbonyl (C=O) groups is 1. The molecule has 1 aliphatic carbocycles. The Morgan fingerprint density at radius 1 is 1.00 bits per heavy atom. The van der Waals surface area contributed by atoms with Crippen molar-refractivity contribution in [2.24, 2.45) is 30.4 Å². The minimum Gasteiger partial charge on any atom is -0.299 e. The Bertz CT molecular complexity index is 1140. The lowest BCUT2D eigenvalue weighted by Gasteiger charge is -2.40. The van der Waals surface area contributed by atoms with E-state index in [2.05, 4.69) is 4.99 Å². The van der Waals surface area contributed by atoms with Gasteiger partial charge in [0.15, 0.2) is 0 Å². The highest BCUT2D eigenvalue weighted by Crippen LogP contribution is 2.47. The Balaban J connectivity index is 2.07. The van der Waals surface area contributed by atoms with Gasteiger partial charge in [-0.2, -0.15) is 0 Å². The van der Waals surface area contributed by atoms with Gasteiger partial charge in [-0.1, -0.05) is 37.6 Å². The van der Waals surface area contributed by atoms with Crippen LogP contribution >= 0.6 is 11.6 Å². The maximum absolute atomic E-state index is 13.2. The van der Waals surface area contributed by atoms with Crippen LogP contribution < -0.4 is 11.2 Å². The van der Waals surface area contributed by atoms with Gasteiger partial charge in [0.2, 0.25) is 0 Å². The number of hydrogen-bond donors (Lipinski definition) is 0. The molecule has 1 aromatic heterocycles. The maximum Gasteiger partial charge on any atom is 0.332 e. The van der Waals surface area contributed by atoms with E-state index in [0.717, 1.165) is 15.8 Å². The molecule has 0 amide bonds. The zero-order valence-electron chi connectivity index (χ0n) is 16.3. The van der Waals surface area contributed by atoms with Gasteiger partial charge < -0.3 is 0 Å². The summed E-state index contributed by atoms with van der Waals surface area (Å²) in [5, 5.41) is 0.582. The Kier molecular flexibility index (Phi) is 4.23. The number of fused-ring (bicyclic) bond motifs is 2. The van der Waals surface area contributed by atoms with Crippen LogP contribution in [0.25, 0.3) is 0 Å². The Morgan fingerprint density at radius 3 is 2.29 bits per heavy atom. The number of Topliss-reactive ketones (excluding diaryl/α,β-unsaturated/α-hetero) is 1. The lowest BCUT2D eigenvalue weighted by molar-refractivity contribution is -0.124. The van der Waals surface area contributed by atoms with Crippen LogP contribution in [0.15, 0.2) is 38.8 Å². The second-order valence-electron chi connectivity index (χ2n) is 8.54. The van der Waals surface area contributed by atoms with E-state index in [1.165, 1.54) is 11.6 Å². The van der Waals surface area contributed by atoms with Gasteiger partial charge in [-0.05, 0) is 29.5 Å². The number of benzene rings is 1. The molecular weight excluding hydrogens is 378 g/mol. The lowest BCUT2D eigenvalue weighted by atomic mass is 9.64. The van der Waals surface area contributed by atoms with Gasteiger partial charge in [0, 0.05) is 37.2 Å². The van der Waals surface area contributed by atoms with Crippen LogP contribution in [0.5, 0.6) is 0 Å². The number of ketones is 1. The summed E-state index contributed by atoms with van der Waals surface area (Å²) in [5.41, 5.74) is 0.936. The number of nitrogens with zero attached hydrogens (tertiary/aromatic N) is 3. The van der Waals surface area contributed by atoms with Gasteiger partial charge in [0.25, 0.3) is 5.56 Å². The summed E-state index contributed by atoms with van der Waals surface area (Å²) >= 11 is 6.05. The molecule has 146 valence electrons. The van der Waals surface area contributed by atoms with Gasteiger partial charge in [-0.3, -0.25) is 18.7 Å². The molecule has 1 aliphatic heterocycles. The van der Waals surface area contributed by atoms with Crippen molar-refractivity contribution in [1.82, 2.24) is 9.13 Å². The number of aliphatic imine (C=N–C) groups is 1. The van der Waals surface area contributed by atoms with Gasteiger partial charge in [-0.25, -0.2) is 9.79 Å². The van der Waals surface area contributed by atoms with Gasteiger partial charge in [-0.15, -0.1) is 0 Å². The monoisotopic (exact) mass is 399 g/mol. The molecule has 4 rings (SSSR count). The van der Waals surface area contributed by atoms with E-state index in [1.807, 2.05) is 26.0 Å². The van der Waals surface area contributed by atoms with Crippen molar-refractivity contribution in [2.45, 2.75) is 32.6 Å². The first-order chi connectivity index (χ1) is 13.1. The van der Waals surface area contributed by atoms with Crippen molar-refractivity contribution >= 4 is 28.9 Å². The summed E-state index contributed by atoms with van der Waals surface area (Å²) in [7, 11) is 3.06. The minimum absolute atomic E-state index is 0.0801. The van der Waals surface area contributed by atoms with Crippen LogP contribution in [0.3, 0.4) is 0 Å². The predicted octanol–water partition coefficient (Wildman–Crippen LogP) is 2.96. The molecule has 2 atom stereocenters. The molecule has 28 heavy (non-hydrogen) atoms. The second-order valence-corrected chi connectivity index (χ2v) is 8.97. The fourth-order valence-corrected chi connectivity index (χ4v) is 4.64. The normalized spacial score (nSPS) is 23.0. The van der Waals surface area contributed by atoms with Crippen molar-refractivity contribution in [2.75, 3.05) is 0 Å². The summed E-state index contributed by atoms with van der Waals surface area (Å²) in [6.07, 6.45) is 1.08. The Labute approximate surface area is 167 Å². The lowest BCUT2D eigenvalue weighted by Crippen LogP contribution is -2.47. The van der Waals surface area contributed by atoms with E-state index in [9.17, 15) is 14.4 Å². The highest BCUT2D eigenvalue weighted by atomic mass is 35.5. The third-order valence-corrected chi connectivity index (χ3v) is 6.06. The first kappa shape index (κ1) is 18.9. The quantitative estimate of drug-likeness (QED) is 0.740. The highest BCUT2D eigenvalue weighted by molar-refractivity contribution is 6.30. The third-order valence-electron chi connectivity index (χ3n) is 5.81. The molecular formula is C21H22ClN3O3. The SMILES string of the molecule is Cn1c2c(c(=O)n(C)c1=O)[C@H](c1ccc(Cl)cc1)[C@H]1C(=O)CC(C)(C)CC1=N2. The van der Waals surface area contributed by atoms with Crippen LogP contribution in [0.2, 0.25) is 5.02 Å². The van der Waals surface area contributed by atoms with Crippen LogP contribution in [0.1, 0.15) is 43.7 Å². The molecule has 0 unspecified atom stereocenters. The molecule has 0 N–H and O–H groups in total. The number of carbonyl (C=O) groups excluding carboxylic acids is 1. The van der Waals surface area contributed by atoms with Gasteiger partial charge in [0.1, 0.15) is 11.6 Å². The highest BCUT2D eigenvalue weighted by Gasteiger charge is 2.47. The molecule has 6 nitrogen and oxygen atoms in total. The summed E-state index contributed by atoms with van der Waals surface area (Å²) in [4.78, 5) is 43.4. The molecule has 1 saturated carbocycles. The smallest absolute Gasteiger partial charge is 0.299 e. The topological polar surface area (TPSA) is 73.4 Å². The first-order valence-electron chi connectivity index (χ1n) is 9.26. The zero-order valence-corrected chi connectivity index (χ0v) is 17.1. The standard InChI is InChI=1S/C21H22ClN3O3/c1-21(2)9-13-16(14(26)10-21)15(11-5-7-12(22)8-6-11)17-18(23-13)24(3)20(28)25(4)19(17)27/h5-8,15-16H,9-10H2,1-4H3/t15-,16-/m1/s1. The predicted molar refractivity (Wildman–Crippen MR) is 109 cm³/mol. The maximum atomic E-state index is 13.2. The first-order valence-corrected chi connectivity index (χ1v) is 9.64. The van der Waals surface area contributed by atoms with Crippen molar-refractivity contribution < 1.29 is 4.79 Å². The number of rotatable bonds is 1. The molecule has 2 heterocycles. The molecule has 2 aromatic rings. The van der Waals surface area contributed by atoms with Gasteiger partial charge >= 0.3 is 5.69 Å². The van der Waals surface area contributed by atoms with Crippen LogP contribution in [-0.4, -0.2) is 20.6 Å². The fraction of sp³-hybridized carbons (Fsp3) is 0.429. The van der Waals surface area contributed by atoms with E-state index >= 15 is 0 Å². The van der Waals surface area contributed by atoms with Crippen LogP contribution in [0, 0.1) is 11.3 Å². The average Bonchev–Trinajstić information content (AvgIpc) is 2.63. The molecule has 1 fully saturated rings. The second kappa shape index (κ2) is 6.27. The van der Waals surface area contributed by atoms with Crippen molar-refractivity contribution in [3.8, 4) is 0 Å². The molecule has 0 saturated heterocycles. The van der Waals surface area contributed by atoms with Crippen molar-refractivity contribution in [3.63, 3.8) is 0 Å². The molecule has 0 spiro atoms. The van der Waals surface area contributed by atoms with Crippen LogP contribution in [0.4, 0.5) is 5.82 Å². The summed E-state index contributed by atoms with van der Waals surface area (Å²) in [6.45, 7) is 4.08. The summed E-state index contributed by atoms with van der Waals surface area (Å²) in [6, 6.07) is 7.20. The number of aromatic nitrogens is 2. The van der Waals surface area contributed by atoms with Crippen LogP contribution in [-0.2, 0) is 18.9 Å². The average molecular weight is 400 g/mol. The van der Waals surface area contributed by atoms with E-state index in [4.69, 9.17) is 11.6 Å². The fourth-order valence-electron chi connectivity index (χ4n) is 4.52. The molecule has 0 bridgehead atoms. The molecule has 1 aromatic carbocycles. The minimum atomic E-state index is -0.494. The largest absolute Gasteiger partial charge is 0.332 e. The zero-order chi connectivity index (χ0) is 20.4. The van der Waals surface area contributed by atoms with E-state index < -0.39 is 23.1 Å². The summed E-state index contributed by atoms with van der Waals surface area (Å²) in [5.74, 6) is -0.540. The Morgan fingerprint density at radius 2 is 1.64 bits per heavy atom. The van der Waals surface area contributed by atoms with E-state index in [1.54, 1.807) is 19.2 Å². The van der Waals surface area contributed by atoms with Gasteiger partial charge in [0.05, 0.1) is 11.5 Å². The van der Waals surface area contributed by atoms with E-state index in [-0.39, 0.29) is 11.2 Å². The Hall–Kier alpha value is -2.47. The van der Waals surface area contributed by atoms with Crippen molar-refractivity contribution in [1.29, 1.82) is 0 Å². The molecule has 2 aliphatic rings. The molecule has 7 heteroatoms. The third kappa shape index (κ3) is 2.78. The van der Waals surface area contributed by atoms with E-state index in [0.29, 0.717) is 29.2 Å². The van der Waals surface area contributed by atoms with Crippen molar-refractivity contribution in [3.05, 3.63) is 61.3 Å². The number of hydrogen-bond acceptors (Lipinski definition) is 4. The summed E-state index contributed by atoms with van der Waals surface area (Å²) < 4.78 is 2.48. The number of halogens is 1.